The Morgan fingerprint density at radius 2 is 1.80 bits per heavy atom. The monoisotopic (exact) mass is 316 g/mol. The molecule has 0 atom stereocenters. The van der Waals surface area contributed by atoms with Crippen LogP contribution in [-0.2, 0) is 0 Å². The molecule has 110 valence electrons. The van der Waals surface area contributed by atoms with Gasteiger partial charge in [-0.1, -0.05) is 23.4 Å². The van der Waals surface area contributed by atoms with E-state index >= 15 is 0 Å². The van der Waals surface area contributed by atoms with Crippen molar-refractivity contribution in [3.05, 3.63) is 30.3 Å². The molecule has 0 saturated carbocycles. The largest absolute Gasteiger partial charge is 0.409 e. The van der Waals surface area contributed by atoms with E-state index in [9.17, 15) is 0 Å². The Balaban J connectivity index is 2.77. The summed E-state index contributed by atoms with van der Waals surface area (Å²) in [6, 6.07) is 9.51. The van der Waals surface area contributed by atoms with E-state index < -0.39 is 0 Å². The second-order valence-corrected chi connectivity index (χ2v) is 4.72. The van der Waals surface area contributed by atoms with E-state index in [-0.39, 0.29) is 0 Å². The van der Waals surface area contributed by atoms with Crippen LogP contribution in [0.5, 0.6) is 0 Å². The Bertz CT molecular complexity index is 445. The lowest BCUT2D eigenvalue weighted by molar-refractivity contribution is 0.306. The fourth-order valence-corrected chi connectivity index (χ4v) is 2.01. The van der Waals surface area contributed by atoms with Crippen LogP contribution in [0.15, 0.2) is 40.6 Å². The Kier molecular flexibility index (Phi) is 7.84. The van der Waals surface area contributed by atoms with Gasteiger partial charge in [0.05, 0.1) is 5.69 Å². The number of amidine groups is 1. The predicted molar refractivity (Wildman–Crippen MR) is 85.4 cm³/mol. The van der Waals surface area contributed by atoms with Gasteiger partial charge < -0.3 is 10.1 Å². The molecule has 0 aliphatic rings. The van der Waals surface area contributed by atoms with Gasteiger partial charge in [0.2, 0.25) is 0 Å². The van der Waals surface area contributed by atoms with Crippen molar-refractivity contribution < 1.29 is 5.21 Å². The summed E-state index contributed by atoms with van der Waals surface area (Å²) >= 11 is 11.5. The molecule has 0 bridgehead atoms. The summed E-state index contributed by atoms with van der Waals surface area (Å²) in [5, 5.41) is 16.7. The number of nitrogens with one attached hydrogen (secondary N) is 1. The Morgan fingerprint density at radius 3 is 2.30 bits per heavy atom. The normalized spacial score (nSPS) is 12.3. The number of halogens is 2. The Morgan fingerprint density at radius 1 is 1.20 bits per heavy atom. The number of nitrogens with zero attached hydrogens (tertiary/aromatic N) is 3. The van der Waals surface area contributed by atoms with Crippen molar-refractivity contribution >= 4 is 40.4 Å². The van der Waals surface area contributed by atoms with E-state index in [1.165, 1.54) is 0 Å². The molecule has 1 rings (SSSR count). The third-order valence-electron chi connectivity index (χ3n) is 2.55. The first-order chi connectivity index (χ1) is 9.72. The highest BCUT2D eigenvalue weighted by molar-refractivity contribution is 6.40. The minimum absolute atomic E-state index is 0.356. The maximum atomic E-state index is 9.17. The summed E-state index contributed by atoms with van der Waals surface area (Å²) in [7, 11) is 0. The maximum absolute atomic E-state index is 9.17. The molecule has 0 aliphatic carbocycles. The maximum Gasteiger partial charge on any atom is 0.191 e. The van der Waals surface area contributed by atoms with Gasteiger partial charge >= 0.3 is 0 Å². The van der Waals surface area contributed by atoms with Gasteiger partial charge in [-0.15, -0.1) is 23.2 Å². The lowest BCUT2D eigenvalue weighted by Crippen LogP contribution is -2.38. The van der Waals surface area contributed by atoms with Gasteiger partial charge in [-0.25, -0.2) is 0 Å². The molecule has 0 aromatic heterocycles. The lowest BCUT2D eigenvalue weighted by Gasteiger charge is -2.22. The molecule has 1 aromatic carbocycles. The molecule has 0 fully saturated rings. The van der Waals surface area contributed by atoms with Crippen LogP contribution >= 0.6 is 23.2 Å². The Hall–Kier alpha value is -1.46. The molecule has 20 heavy (non-hydrogen) atoms. The summed E-state index contributed by atoms with van der Waals surface area (Å²) in [4.78, 5) is 1.78. The SMILES string of the molecule is CC(=N\Nc1ccccc1)/C(=N/O)N(CCCl)CCCl. The van der Waals surface area contributed by atoms with Crippen molar-refractivity contribution in [2.45, 2.75) is 6.92 Å². The van der Waals surface area contributed by atoms with Crippen LogP contribution in [-0.4, -0.2) is 46.5 Å². The first-order valence-corrected chi connectivity index (χ1v) is 7.24. The zero-order valence-electron chi connectivity index (χ0n) is 11.3. The van der Waals surface area contributed by atoms with E-state index in [2.05, 4.69) is 15.7 Å². The molecule has 0 radical (unpaired) electrons. The van der Waals surface area contributed by atoms with Crippen molar-refractivity contribution in [1.29, 1.82) is 0 Å². The van der Waals surface area contributed by atoms with Crippen molar-refractivity contribution in [2.75, 3.05) is 30.3 Å². The van der Waals surface area contributed by atoms with Crippen LogP contribution in [0.25, 0.3) is 0 Å². The molecule has 5 nitrogen and oxygen atoms in total. The molecule has 1 aromatic rings. The average molecular weight is 317 g/mol. The van der Waals surface area contributed by atoms with E-state index in [0.29, 0.717) is 36.4 Å². The minimum atomic E-state index is 0.356. The van der Waals surface area contributed by atoms with Gasteiger partial charge in [-0.05, 0) is 19.1 Å². The van der Waals surface area contributed by atoms with Gasteiger partial charge in [0, 0.05) is 24.8 Å². The van der Waals surface area contributed by atoms with E-state index in [0.717, 1.165) is 5.69 Å². The van der Waals surface area contributed by atoms with Crippen LogP contribution in [0.2, 0.25) is 0 Å². The number of benzene rings is 1. The van der Waals surface area contributed by atoms with Crippen LogP contribution in [0, 0.1) is 0 Å². The topological polar surface area (TPSA) is 60.2 Å². The fourth-order valence-electron chi connectivity index (χ4n) is 1.60. The third-order valence-corrected chi connectivity index (χ3v) is 2.89. The Labute approximate surface area is 128 Å². The summed E-state index contributed by atoms with van der Waals surface area (Å²) < 4.78 is 0. The molecule has 2 N–H and O–H groups in total. The third kappa shape index (κ3) is 5.27. The number of hydrogen-bond donors (Lipinski definition) is 2. The first kappa shape index (κ1) is 16.6. The van der Waals surface area contributed by atoms with Gasteiger partial charge in [-0.2, -0.15) is 5.10 Å². The van der Waals surface area contributed by atoms with Crippen LogP contribution < -0.4 is 5.43 Å². The van der Waals surface area contributed by atoms with E-state index in [1.54, 1.807) is 11.8 Å². The average Bonchev–Trinajstić information content (AvgIpc) is 2.47. The molecule has 0 unspecified atom stereocenters. The van der Waals surface area contributed by atoms with Crippen molar-refractivity contribution in [2.24, 2.45) is 10.3 Å². The number of anilines is 1. The summed E-state index contributed by atoms with van der Waals surface area (Å²) in [5.41, 5.74) is 4.30. The van der Waals surface area contributed by atoms with Gasteiger partial charge in [0.15, 0.2) is 5.84 Å². The molecule has 0 aliphatic heterocycles. The van der Waals surface area contributed by atoms with Crippen LogP contribution in [0.3, 0.4) is 0 Å². The highest BCUT2D eigenvalue weighted by atomic mass is 35.5. The highest BCUT2D eigenvalue weighted by Gasteiger charge is 2.14. The zero-order valence-corrected chi connectivity index (χ0v) is 12.8. The summed E-state index contributed by atoms with van der Waals surface area (Å²) in [6.45, 7) is 2.82. The molecule has 0 amide bonds. The molecular formula is C13H18Cl2N4O. The lowest BCUT2D eigenvalue weighted by atomic mass is 10.3. The second kappa shape index (κ2) is 9.44. The summed E-state index contributed by atoms with van der Waals surface area (Å²) in [5.74, 6) is 1.18. The number of hydrazone groups is 1. The number of para-hydroxylation sites is 1. The number of rotatable bonds is 7. The molecule has 0 heterocycles. The van der Waals surface area contributed by atoms with Crippen molar-refractivity contribution in [3.8, 4) is 0 Å². The van der Waals surface area contributed by atoms with Crippen molar-refractivity contribution in [3.63, 3.8) is 0 Å². The van der Waals surface area contributed by atoms with Gasteiger partial charge in [0.1, 0.15) is 5.71 Å². The highest BCUT2D eigenvalue weighted by Crippen LogP contribution is 2.05. The van der Waals surface area contributed by atoms with Crippen molar-refractivity contribution in [1.82, 2.24) is 4.90 Å². The van der Waals surface area contributed by atoms with E-state index in [1.807, 2.05) is 30.3 Å². The molecular weight excluding hydrogens is 299 g/mol. The standard InChI is InChI=1S/C13H18Cl2N4O/c1-11(16-17-12-5-3-2-4-6-12)13(18-20)19(9-7-14)10-8-15/h2-6,17,20H,7-10H2,1H3/b16-11+,18-13-. The predicted octanol–water partition coefficient (Wildman–Crippen LogP) is 3.04. The first-order valence-electron chi connectivity index (χ1n) is 6.17. The molecule has 7 heteroatoms. The number of alkyl halides is 2. The zero-order chi connectivity index (χ0) is 14.8. The smallest absolute Gasteiger partial charge is 0.191 e. The van der Waals surface area contributed by atoms with Crippen LogP contribution in [0.1, 0.15) is 6.92 Å². The number of oxime groups is 1. The minimum Gasteiger partial charge on any atom is -0.409 e. The summed E-state index contributed by atoms with van der Waals surface area (Å²) in [6.07, 6.45) is 0. The second-order valence-electron chi connectivity index (χ2n) is 3.96. The molecule has 0 saturated heterocycles. The van der Waals surface area contributed by atoms with E-state index in [4.69, 9.17) is 28.4 Å². The van der Waals surface area contributed by atoms with Gasteiger partial charge in [0.25, 0.3) is 0 Å². The fraction of sp³-hybridized carbons (Fsp3) is 0.385. The number of hydrogen-bond acceptors (Lipinski definition) is 4. The van der Waals surface area contributed by atoms with Crippen LogP contribution in [0.4, 0.5) is 5.69 Å². The molecule has 0 spiro atoms. The van der Waals surface area contributed by atoms with Gasteiger partial charge in [-0.3, -0.25) is 5.43 Å². The quantitative estimate of drug-likeness (QED) is 0.267.